The number of rotatable bonds is 5. The third-order valence-electron chi connectivity index (χ3n) is 2.07. The molecule has 0 aliphatic carbocycles. The van der Waals surface area contributed by atoms with Crippen molar-refractivity contribution >= 4 is 17.4 Å². The Kier molecular flexibility index (Phi) is 4.10. The van der Waals surface area contributed by atoms with E-state index in [0.29, 0.717) is 11.7 Å². The summed E-state index contributed by atoms with van der Waals surface area (Å²) in [4.78, 5) is 16.9. The number of amides is 1. The van der Waals surface area contributed by atoms with E-state index in [1.807, 2.05) is 11.0 Å². The Morgan fingerprint density at radius 1 is 1.50 bits per heavy atom. The zero-order chi connectivity index (χ0) is 12.1. The highest BCUT2D eigenvalue weighted by molar-refractivity contribution is 5.79. The number of primary amides is 1. The second kappa shape index (κ2) is 5.34. The predicted octanol–water partition coefficient (Wildman–Crippen LogP) is 0.611. The highest BCUT2D eigenvalue weighted by Crippen LogP contribution is 2.15. The lowest BCUT2D eigenvalue weighted by Crippen LogP contribution is -2.36. The molecule has 16 heavy (non-hydrogen) atoms. The number of carbonyl (C=O) groups is 1. The summed E-state index contributed by atoms with van der Waals surface area (Å²) in [6, 6.07) is 3.55. The van der Waals surface area contributed by atoms with E-state index in [9.17, 15) is 4.79 Å². The number of nitrogens with zero attached hydrogens (tertiary/aromatic N) is 2. The number of aromatic nitrogens is 1. The fraction of sp³-hybridized carbons (Fsp3) is 0.455. The largest absolute Gasteiger partial charge is 0.384 e. The highest BCUT2D eigenvalue weighted by Gasteiger charge is 2.11. The standard InChI is InChI=1S/C11H18N4O/c1-8(2)6-15(7-11(13)16)9-3-4-10(12)14-5-9/h3-5,8H,6-7H2,1-2H3,(H2,12,14)(H2,13,16). The zero-order valence-corrected chi connectivity index (χ0v) is 9.68. The highest BCUT2D eigenvalue weighted by atomic mass is 16.1. The third-order valence-corrected chi connectivity index (χ3v) is 2.07. The molecular weight excluding hydrogens is 204 g/mol. The van der Waals surface area contributed by atoms with Crippen molar-refractivity contribution in [1.82, 2.24) is 4.98 Å². The molecule has 1 amide bonds. The van der Waals surface area contributed by atoms with Crippen LogP contribution in [0, 0.1) is 5.92 Å². The molecule has 0 spiro atoms. The van der Waals surface area contributed by atoms with E-state index in [4.69, 9.17) is 11.5 Å². The van der Waals surface area contributed by atoms with Gasteiger partial charge in [-0.15, -0.1) is 0 Å². The molecule has 0 radical (unpaired) electrons. The van der Waals surface area contributed by atoms with Gasteiger partial charge in [-0.05, 0) is 18.1 Å². The molecule has 1 heterocycles. The van der Waals surface area contributed by atoms with Crippen LogP contribution in [0.2, 0.25) is 0 Å². The Morgan fingerprint density at radius 2 is 2.19 bits per heavy atom. The first kappa shape index (κ1) is 12.3. The van der Waals surface area contributed by atoms with Gasteiger partial charge in [0.15, 0.2) is 0 Å². The monoisotopic (exact) mass is 222 g/mol. The average molecular weight is 222 g/mol. The van der Waals surface area contributed by atoms with Crippen LogP contribution in [0.1, 0.15) is 13.8 Å². The van der Waals surface area contributed by atoms with Crippen molar-refractivity contribution in [3.63, 3.8) is 0 Å². The molecule has 4 N–H and O–H groups in total. The Labute approximate surface area is 95.4 Å². The second-order valence-electron chi connectivity index (χ2n) is 4.18. The maximum atomic E-state index is 11.0. The van der Waals surface area contributed by atoms with Crippen molar-refractivity contribution in [1.29, 1.82) is 0 Å². The zero-order valence-electron chi connectivity index (χ0n) is 9.68. The van der Waals surface area contributed by atoms with Crippen LogP contribution in [0.15, 0.2) is 18.3 Å². The van der Waals surface area contributed by atoms with E-state index in [0.717, 1.165) is 12.2 Å². The summed E-state index contributed by atoms with van der Waals surface area (Å²) < 4.78 is 0. The minimum Gasteiger partial charge on any atom is -0.384 e. The maximum Gasteiger partial charge on any atom is 0.236 e. The summed E-state index contributed by atoms with van der Waals surface area (Å²) in [6.07, 6.45) is 1.65. The molecule has 1 aromatic heterocycles. The van der Waals surface area contributed by atoms with Crippen molar-refractivity contribution in [3.05, 3.63) is 18.3 Å². The van der Waals surface area contributed by atoms with E-state index in [-0.39, 0.29) is 12.5 Å². The summed E-state index contributed by atoms with van der Waals surface area (Å²) in [6.45, 7) is 5.12. The van der Waals surface area contributed by atoms with Gasteiger partial charge in [0, 0.05) is 6.54 Å². The van der Waals surface area contributed by atoms with Gasteiger partial charge in [0.2, 0.25) is 5.91 Å². The molecule has 0 saturated carbocycles. The molecule has 0 bridgehead atoms. The second-order valence-corrected chi connectivity index (χ2v) is 4.18. The number of hydrogen-bond acceptors (Lipinski definition) is 4. The SMILES string of the molecule is CC(C)CN(CC(N)=O)c1ccc(N)nc1. The molecule has 5 nitrogen and oxygen atoms in total. The molecule has 88 valence electrons. The summed E-state index contributed by atoms with van der Waals surface area (Å²) >= 11 is 0. The molecule has 0 unspecified atom stereocenters. The van der Waals surface area contributed by atoms with E-state index in [1.165, 1.54) is 0 Å². The van der Waals surface area contributed by atoms with Crippen LogP contribution >= 0.6 is 0 Å². The first-order chi connectivity index (χ1) is 7.49. The molecule has 0 aromatic carbocycles. The van der Waals surface area contributed by atoms with Crippen LogP contribution in [0.5, 0.6) is 0 Å². The molecule has 0 fully saturated rings. The molecule has 1 aromatic rings. The number of anilines is 2. The number of nitrogens with two attached hydrogens (primary N) is 2. The van der Waals surface area contributed by atoms with Crippen molar-refractivity contribution in [3.8, 4) is 0 Å². The number of pyridine rings is 1. The first-order valence-electron chi connectivity index (χ1n) is 5.24. The lowest BCUT2D eigenvalue weighted by Gasteiger charge is -2.24. The molecule has 0 aliphatic heterocycles. The van der Waals surface area contributed by atoms with Crippen molar-refractivity contribution in [2.45, 2.75) is 13.8 Å². The quantitative estimate of drug-likeness (QED) is 0.764. The molecule has 0 saturated heterocycles. The van der Waals surface area contributed by atoms with Gasteiger partial charge >= 0.3 is 0 Å². The van der Waals surface area contributed by atoms with Crippen LogP contribution in [-0.4, -0.2) is 24.0 Å². The van der Waals surface area contributed by atoms with Crippen LogP contribution in [-0.2, 0) is 4.79 Å². The van der Waals surface area contributed by atoms with Gasteiger partial charge in [-0.25, -0.2) is 4.98 Å². The summed E-state index contributed by atoms with van der Waals surface area (Å²) in [5.74, 6) is 0.557. The number of nitrogen functional groups attached to an aromatic ring is 1. The molecule has 5 heteroatoms. The van der Waals surface area contributed by atoms with Gasteiger partial charge in [-0.2, -0.15) is 0 Å². The Morgan fingerprint density at radius 3 is 2.62 bits per heavy atom. The summed E-state index contributed by atoms with van der Waals surface area (Å²) in [5.41, 5.74) is 11.6. The van der Waals surface area contributed by atoms with Crippen molar-refractivity contribution in [2.75, 3.05) is 23.7 Å². The maximum absolute atomic E-state index is 11.0. The minimum atomic E-state index is -0.350. The van der Waals surface area contributed by atoms with Gasteiger partial charge in [-0.3, -0.25) is 4.79 Å². The fourth-order valence-corrected chi connectivity index (χ4v) is 1.47. The molecule has 1 rings (SSSR count). The van der Waals surface area contributed by atoms with E-state index >= 15 is 0 Å². The first-order valence-corrected chi connectivity index (χ1v) is 5.24. The molecular formula is C11H18N4O. The van der Waals surface area contributed by atoms with Crippen LogP contribution in [0.3, 0.4) is 0 Å². The lowest BCUT2D eigenvalue weighted by molar-refractivity contribution is -0.116. The summed E-state index contributed by atoms with van der Waals surface area (Å²) in [7, 11) is 0. The van der Waals surface area contributed by atoms with Crippen LogP contribution < -0.4 is 16.4 Å². The van der Waals surface area contributed by atoms with Gasteiger partial charge in [0.1, 0.15) is 5.82 Å². The van der Waals surface area contributed by atoms with Gasteiger partial charge in [0.05, 0.1) is 18.4 Å². The Bertz CT molecular complexity index is 348. The van der Waals surface area contributed by atoms with Gasteiger partial charge < -0.3 is 16.4 Å². The Hall–Kier alpha value is -1.78. The van der Waals surface area contributed by atoms with E-state index in [1.54, 1.807) is 12.3 Å². The molecule has 0 atom stereocenters. The predicted molar refractivity (Wildman–Crippen MR) is 64.9 cm³/mol. The van der Waals surface area contributed by atoms with E-state index < -0.39 is 0 Å². The lowest BCUT2D eigenvalue weighted by atomic mass is 10.2. The van der Waals surface area contributed by atoms with Crippen molar-refractivity contribution in [2.24, 2.45) is 11.7 Å². The molecule has 0 aliphatic rings. The normalized spacial score (nSPS) is 10.4. The summed E-state index contributed by atoms with van der Waals surface area (Å²) in [5, 5.41) is 0. The topological polar surface area (TPSA) is 85.2 Å². The van der Waals surface area contributed by atoms with Crippen LogP contribution in [0.4, 0.5) is 11.5 Å². The Balaban J connectivity index is 2.82. The smallest absolute Gasteiger partial charge is 0.236 e. The minimum absolute atomic E-state index is 0.198. The van der Waals surface area contributed by atoms with Gasteiger partial charge in [0.25, 0.3) is 0 Å². The average Bonchev–Trinajstić information content (AvgIpc) is 2.16. The number of hydrogen-bond donors (Lipinski definition) is 2. The third kappa shape index (κ3) is 3.76. The van der Waals surface area contributed by atoms with E-state index in [2.05, 4.69) is 18.8 Å². The van der Waals surface area contributed by atoms with Gasteiger partial charge in [-0.1, -0.05) is 13.8 Å². The fourth-order valence-electron chi connectivity index (χ4n) is 1.47. The number of carbonyl (C=O) groups excluding carboxylic acids is 1. The van der Waals surface area contributed by atoms with Crippen molar-refractivity contribution < 1.29 is 4.79 Å². The van der Waals surface area contributed by atoms with Crippen LogP contribution in [0.25, 0.3) is 0 Å².